The van der Waals surface area contributed by atoms with E-state index in [1.54, 1.807) is 0 Å². The summed E-state index contributed by atoms with van der Waals surface area (Å²) in [6, 6.07) is 7.78. The van der Waals surface area contributed by atoms with Gasteiger partial charge < -0.3 is 10.2 Å². The summed E-state index contributed by atoms with van der Waals surface area (Å²) in [7, 11) is 0. The molecule has 1 saturated carbocycles. The number of likely N-dealkylation sites (tertiary alicyclic amines) is 1. The van der Waals surface area contributed by atoms with Crippen molar-refractivity contribution in [2.45, 2.75) is 51.1 Å². The first-order chi connectivity index (χ1) is 11.1. The van der Waals surface area contributed by atoms with Crippen molar-refractivity contribution < 1.29 is 9.59 Å². The predicted octanol–water partition coefficient (Wildman–Crippen LogP) is 3.14. The minimum atomic E-state index is -0.211. The van der Waals surface area contributed by atoms with Crippen molar-refractivity contribution in [2.75, 3.05) is 6.54 Å². The summed E-state index contributed by atoms with van der Waals surface area (Å²) in [4.78, 5) is 26.5. The van der Waals surface area contributed by atoms with Gasteiger partial charge in [0.25, 0.3) is 0 Å². The Hall–Kier alpha value is -1.55. The van der Waals surface area contributed by atoms with Crippen LogP contribution in [0.5, 0.6) is 0 Å². The van der Waals surface area contributed by atoms with E-state index in [1.807, 2.05) is 29.2 Å². The molecule has 1 aromatic carbocycles. The molecule has 1 atom stereocenters. The minimum absolute atomic E-state index is 0.0217. The van der Waals surface area contributed by atoms with E-state index < -0.39 is 0 Å². The first kappa shape index (κ1) is 16.3. The van der Waals surface area contributed by atoms with Gasteiger partial charge in [0.15, 0.2) is 0 Å². The first-order valence-corrected chi connectivity index (χ1v) is 8.83. The summed E-state index contributed by atoms with van der Waals surface area (Å²) in [6.07, 6.45) is 6.19. The summed E-state index contributed by atoms with van der Waals surface area (Å²) < 4.78 is 0. The Morgan fingerprint density at radius 2 is 1.87 bits per heavy atom. The normalized spacial score (nSPS) is 22.4. The lowest BCUT2D eigenvalue weighted by Crippen LogP contribution is -2.39. The van der Waals surface area contributed by atoms with Gasteiger partial charge in [-0.25, -0.2) is 0 Å². The van der Waals surface area contributed by atoms with Crippen LogP contribution in [0.4, 0.5) is 0 Å². The maximum absolute atomic E-state index is 12.3. The second-order valence-corrected chi connectivity index (χ2v) is 7.02. The highest BCUT2D eigenvalue weighted by molar-refractivity contribution is 6.30. The fraction of sp³-hybridized carbons (Fsp3) is 0.556. The molecule has 0 spiro atoms. The molecule has 1 aliphatic carbocycles. The summed E-state index contributed by atoms with van der Waals surface area (Å²) in [5.74, 6) is -0.0909. The molecule has 2 fully saturated rings. The molecular formula is C18H23ClN2O2. The van der Waals surface area contributed by atoms with Crippen molar-refractivity contribution in [1.29, 1.82) is 0 Å². The van der Waals surface area contributed by atoms with Crippen molar-refractivity contribution in [2.24, 2.45) is 5.92 Å². The lowest BCUT2D eigenvalue weighted by Gasteiger charge is -2.31. The highest BCUT2D eigenvalue weighted by Gasteiger charge is 2.37. The van der Waals surface area contributed by atoms with Crippen LogP contribution in [0.2, 0.25) is 5.02 Å². The van der Waals surface area contributed by atoms with Crippen LogP contribution in [0.25, 0.3) is 0 Å². The molecule has 1 unspecified atom stereocenters. The Morgan fingerprint density at radius 3 is 2.57 bits per heavy atom. The van der Waals surface area contributed by atoms with Crippen molar-refractivity contribution in [3.8, 4) is 0 Å². The van der Waals surface area contributed by atoms with Crippen LogP contribution >= 0.6 is 11.6 Å². The number of halogens is 1. The summed E-state index contributed by atoms with van der Waals surface area (Å²) in [5.41, 5.74) is 1.01. The van der Waals surface area contributed by atoms with E-state index >= 15 is 0 Å². The molecule has 1 heterocycles. The Kier molecular flexibility index (Phi) is 5.21. The van der Waals surface area contributed by atoms with E-state index in [2.05, 4.69) is 5.32 Å². The van der Waals surface area contributed by atoms with Gasteiger partial charge >= 0.3 is 0 Å². The molecular weight excluding hydrogens is 312 g/mol. The van der Waals surface area contributed by atoms with Crippen LogP contribution in [0, 0.1) is 5.92 Å². The molecule has 2 amide bonds. The van der Waals surface area contributed by atoms with Crippen LogP contribution in [0.3, 0.4) is 0 Å². The number of hydrogen-bond acceptors (Lipinski definition) is 2. The quantitative estimate of drug-likeness (QED) is 0.919. The summed E-state index contributed by atoms with van der Waals surface area (Å²) in [6.45, 7) is 1.06. The first-order valence-electron chi connectivity index (χ1n) is 8.45. The number of amides is 2. The van der Waals surface area contributed by atoms with E-state index in [4.69, 9.17) is 11.6 Å². The number of rotatable bonds is 4. The number of nitrogens with zero attached hydrogens (tertiary/aromatic N) is 1. The summed E-state index contributed by atoms with van der Waals surface area (Å²) in [5, 5.41) is 3.63. The highest BCUT2D eigenvalue weighted by Crippen LogP contribution is 2.28. The molecule has 0 aromatic heterocycles. The van der Waals surface area contributed by atoms with Gasteiger partial charge in [0.05, 0.1) is 5.92 Å². The second-order valence-electron chi connectivity index (χ2n) is 6.58. The molecule has 0 radical (unpaired) electrons. The smallest absolute Gasteiger partial charge is 0.225 e. The number of nitrogens with one attached hydrogen (secondary N) is 1. The topological polar surface area (TPSA) is 49.4 Å². The van der Waals surface area contributed by atoms with Crippen LogP contribution < -0.4 is 5.32 Å². The fourth-order valence-corrected chi connectivity index (χ4v) is 3.71. The van der Waals surface area contributed by atoms with Crippen molar-refractivity contribution >= 4 is 23.4 Å². The van der Waals surface area contributed by atoms with E-state index in [0.29, 0.717) is 30.6 Å². The van der Waals surface area contributed by atoms with E-state index in [-0.39, 0.29) is 17.7 Å². The van der Waals surface area contributed by atoms with E-state index in [1.165, 1.54) is 19.3 Å². The minimum Gasteiger partial charge on any atom is -0.352 e. The predicted molar refractivity (Wildman–Crippen MR) is 90.0 cm³/mol. The van der Waals surface area contributed by atoms with E-state index in [0.717, 1.165) is 18.4 Å². The Labute approximate surface area is 142 Å². The van der Waals surface area contributed by atoms with Gasteiger partial charge in [-0.2, -0.15) is 0 Å². The van der Waals surface area contributed by atoms with Crippen molar-refractivity contribution in [3.63, 3.8) is 0 Å². The van der Waals surface area contributed by atoms with Crippen molar-refractivity contribution in [1.82, 2.24) is 10.2 Å². The number of carbonyl (C=O) groups excluding carboxylic acids is 2. The van der Waals surface area contributed by atoms with Gasteiger partial charge in [-0.15, -0.1) is 0 Å². The van der Waals surface area contributed by atoms with Gasteiger partial charge in [0, 0.05) is 30.6 Å². The van der Waals surface area contributed by atoms with Gasteiger partial charge in [0.1, 0.15) is 0 Å². The second kappa shape index (κ2) is 7.35. The molecule has 0 bridgehead atoms. The lowest BCUT2D eigenvalue weighted by molar-refractivity contribution is -0.130. The molecule has 4 nitrogen and oxygen atoms in total. The lowest BCUT2D eigenvalue weighted by atomic mass is 9.94. The monoisotopic (exact) mass is 334 g/mol. The molecule has 5 heteroatoms. The Morgan fingerprint density at radius 1 is 1.17 bits per heavy atom. The van der Waals surface area contributed by atoms with Gasteiger partial charge in [-0.1, -0.05) is 43.0 Å². The highest BCUT2D eigenvalue weighted by atomic mass is 35.5. The fourth-order valence-electron chi connectivity index (χ4n) is 3.59. The number of carbonyl (C=O) groups is 2. The van der Waals surface area contributed by atoms with Crippen LogP contribution in [0.15, 0.2) is 24.3 Å². The van der Waals surface area contributed by atoms with Gasteiger partial charge in [-0.05, 0) is 30.5 Å². The molecule has 3 rings (SSSR count). The molecule has 2 aliphatic rings. The molecule has 1 saturated heterocycles. The third kappa shape index (κ3) is 4.05. The average Bonchev–Trinajstić information content (AvgIpc) is 2.97. The maximum Gasteiger partial charge on any atom is 0.225 e. The van der Waals surface area contributed by atoms with Gasteiger partial charge in [0.2, 0.25) is 11.8 Å². The third-order valence-electron chi connectivity index (χ3n) is 4.92. The van der Waals surface area contributed by atoms with Crippen LogP contribution in [0.1, 0.15) is 44.1 Å². The zero-order chi connectivity index (χ0) is 16.2. The van der Waals surface area contributed by atoms with Crippen molar-refractivity contribution in [3.05, 3.63) is 34.9 Å². The van der Waals surface area contributed by atoms with Gasteiger partial charge in [-0.3, -0.25) is 9.59 Å². The molecule has 1 N–H and O–H groups in total. The Balaban J connectivity index is 1.52. The maximum atomic E-state index is 12.3. The number of benzene rings is 1. The number of hydrogen-bond donors (Lipinski definition) is 1. The average molecular weight is 335 g/mol. The largest absolute Gasteiger partial charge is 0.352 e. The standard InChI is InChI=1S/C18H23ClN2O2/c19-15-8-6-13(7-9-15)11-20-18(23)14-10-17(22)21(12-14)16-4-2-1-3-5-16/h6-9,14,16H,1-5,10-12H2,(H,20,23). The van der Waals surface area contributed by atoms with E-state index in [9.17, 15) is 9.59 Å². The van der Waals surface area contributed by atoms with Crippen LogP contribution in [-0.2, 0) is 16.1 Å². The summed E-state index contributed by atoms with van der Waals surface area (Å²) >= 11 is 5.85. The zero-order valence-corrected chi connectivity index (χ0v) is 14.0. The molecule has 1 aliphatic heterocycles. The SMILES string of the molecule is O=C(NCc1ccc(Cl)cc1)C1CC(=O)N(C2CCCCC2)C1. The molecule has 124 valence electrons. The molecule has 23 heavy (non-hydrogen) atoms. The molecule has 1 aromatic rings. The Bertz CT molecular complexity index is 567. The third-order valence-corrected chi connectivity index (χ3v) is 5.18. The zero-order valence-electron chi connectivity index (χ0n) is 13.3. The van der Waals surface area contributed by atoms with Crippen LogP contribution in [-0.4, -0.2) is 29.3 Å².